The molecule has 1 aromatic heterocycles. The molecule has 2 fully saturated rings. The smallest absolute Gasteiger partial charge is 0.270 e. The van der Waals surface area contributed by atoms with E-state index in [0.717, 1.165) is 30.2 Å². The van der Waals surface area contributed by atoms with E-state index in [1.54, 1.807) is 0 Å². The lowest BCUT2D eigenvalue weighted by Gasteiger charge is -2.36. The number of benzene rings is 1. The van der Waals surface area contributed by atoms with Crippen LogP contribution in [0.2, 0.25) is 0 Å². The van der Waals surface area contributed by atoms with E-state index in [-0.39, 0.29) is 17.7 Å². The predicted octanol–water partition coefficient (Wildman–Crippen LogP) is 1.83. The fourth-order valence-electron chi connectivity index (χ4n) is 4.37. The first-order valence-corrected chi connectivity index (χ1v) is 9.53. The minimum Gasteiger partial charge on any atom is -0.351 e. The first kappa shape index (κ1) is 17.1. The Morgan fingerprint density at radius 3 is 2.54 bits per heavy atom. The molecular formula is C20H26N4O2. The van der Waals surface area contributed by atoms with Crippen LogP contribution in [0, 0.1) is 11.8 Å². The molecule has 0 spiro atoms. The number of aromatic nitrogens is 1. The summed E-state index contributed by atoms with van der Waals surface area (Å²) in [5, 5.41) is 1.04. The van der Waals surface area contributed by atoms with Crippen molar-refractivity contribution in [2.24, 2.45) is 17.6 Å². The first-order chi connectivity index (χ1) is 12.7. The van der Waals surface area contributed by atoms with E-state index in [2.05, 4.69) is 4.98 Å². The highest BCUT2D eigenvalue weighted by atomic mass is 16.2. The molecule has 138 valence electrons. The molecule has 1 aromatic carbocycles. The molecule has 6 nitrogen and oxygen atoms in total. The molecule has 0 bridgehead atoms. The number of nitrogens with two attached hydrogens (primary N) is 1. The van der Waals surface area contributed by atoms with Crippen molar-refractivity contribution >= 4 is 22.7 Å². The average molecular weight is 354 g/mol. The van der Waals surface area contributed by atoms with Crippen molar-refractivity contribution < 1.29 is 9.59 Å². The number of para-hydroxylation sites is 1. The molecule has 2 atom stereocenters. The maximum atomic E-state index is 12.8. The van der Waals surface area contributed by atoms with Crippen LogP contribution < -0.4 is 5.73 Å². The summed E-state index contributed by atoms with van der Waals surface area (Å²) in [4.78, 5) is 32.5. The number of piperazine rings is 1. The van der Waals surface area contributed by atoms with Gasteiger partial charge in [-0.3, -0.25) is 9.59 Å². The van der Waals surface area contributed by atoms with Crippen LogP contribution in [0.4, 0.5) is 0 Å². The zero-order valence-corrected chi connectivity index (χ0v) is 15.0. The number of rotatable bonds is 3. The van der Waals surface area contributed by atoms with Gasteiger partial charge in [0.2, 0.25) is 5.91 Å². The Morgan fingerprint density at radius 2 is 1.81 bits per heavy atom. The van der Waals surface area contributed by atoms with Gasteiger partial charge in [0.1, 0.15) is 5.69 Å². The molecular weight excluding hydrogens is 328 g/mol. The molecule has 1 saturated carbocycles. The maximum absolute atomic E-state index is 12.8. The number of carbonyl (C=O) groups is 2. The van der Waals surface area contributed by atoms with Gasteiger partial charge in [-0.05, 0) is 37.4 Å². The summed E-state index contributed by atoms with van der Waals surface area (Å²) in [5.41, 5.74) is 7.41. The Morgan fingerprint density at radius 1 is 1.08 bits per heavy atom. The normalized spacial score (nSPS) is 23.6. The maximum Gasteiger partial charge on any atom is 0.270 e. The van der Waals surface area contributed by atoms with Crippen molar-refractivity contribution in [3.8, 4) is 0 Å². The van der Waals surface area contributed by atoms with Crippen molar-refractivity contribution in [2.75, 3.05) is 32.7 Å². The second-order valence-electron chi connectivity index (χ2n) is 7.42. The molecule has 3 N–H and O–H groups in total. The third-order valence-electron chi connectivity index (χ3n) is 5.92. The number of hydrogen-bond donors (Lipinski definition) is 2. The molecule has 2 amide bonds. The number of fused-ring (bicyclic) bond motifs is 1. The van der Waals surface area contributed by atoms with Crippen molar-refractivity contribution in [1.29, 1.82) is 0 Å². The van der Waals surface area contributed by atoms with Crippen LogP contribution in [0.15, 0.2) is 30.3 Å². The van der Waals surface area contributed by atoms with Crippen molar-refractivity contribution in [3.63, 3.8) is 0 Å². The Labute approximate surface area is 153 Å². The van der Waals surface area contributed by atoms with Gasteiger partial charge in [0.25, 0.3) is 5.91 Å². The van der Waals surface area contributed by atoms with E-state index in [0.29, 0.717) is 44.3 Å². The molecule has 0 unspecified atom stereocenters. The van der Waals surface area contributed by atoms with E-state index in [1.807, 2.05) is 40.1 Å². The topological polar surface area (TPSA) is 82.4 Å². The predicted molar refractivity (Wildman–Crippen MR) is 101 cm³/mol. The van der Waals surface area contributed by atoms with Crippen molar-refractivity contribution in [3.05, 3.63) is 36.0 Å². The molecule has 26 heavy (non-hydrogen) atoms. The lowest BCUT2D eigenvalue weighted by molar-refractivity contribution is -0.138. The number of hydrogen-bond acceptors (Lipinski definition) is 3. The zero-order chi connectivity index (χ0) is 18.1. The number of H-pyrrole nitrogens is 1. The summed E-state index contributed by atoms with van der Waals surface area (Å²) in [6, 6.07) is 9.79. The highest BCUT2D eigenvalue weighted by Crippen LogP contribution is 2.32. The Kier molecular flexibility index (Phi) is 4.68. The third kappa shape index (κ3) is 3.09. The number of amides is 2. The van der Waals surface area contributed by atoms with Gasteiger partial charge in [-0.15, -0.1) is 0 Å². The van der Waals surface area contributed by atoms with Gasteiger partial charge in [0.05, 0.1) is 0 Å². The standard InChI is InChI=1S/C20H26N4O2/c21-13-15-5-3-6-16(15)19(25)23-8-10-24(11-9-23)20(26)18-12-14-4-1-2-7-17(14)22-18/h1-2,4,7,12,15-16,22H,3,5-6,8-11,13,21H2/t15-,16-/m1/s1. The summed E-state index contributed by atoms with van der Waals surface area (Å²) in [6.07, 6.45) is 3.11. The molecule has 2 aromatic rings. The Hall–Kier alpha value is -2.34. The minimum atomic E-state index is 0.00833. The van der Waals surface area contributed by atoms with Crippen molar-refractivity contribution in [2.45, 2.75) is 19.3 Å². The van der Waals surface area contributed by atoms with E-state index >= 15 is 0 Å². The molecule has 2 aliphatic rings. The van der Waals surface area contributed by atoms with Gasteiger partial charge in [-0.25, -0.2) is 0 Å². The summed E-state index contributed by atoms with van der Waals surface area (Å²) in [7, 11) is 0. The quantitative estimate of drug-likeness (QED) is 0.882. The fraction of sp³-hybridized carbons (Fsp3) is 0.500. The number of aromatic amines is 1. The lowest BCUT2D eigenvalue weighted by atomic mass is 9.94. The first-order valence-electron chi connectivity index (χ1n) is 9.53. The Balaban J connectivity index is 1.38. The van der Waals surface area contributed by atoms with Crippen LogP contribution in [-0.4, -0.2) is 59.3 Å². The SMILES string of the molecule is NC[C@H]1CCC[C@H]1C(=O)N1CCN(C(=O)c2cc3ccccc3[nH]2)CC1. The molecule has 2 heterocycles. The van der Waals surface area contributed by atoms with Crippen LogP contribution in [0.3, 0.4) is 0 Å². The lowest BCUT2D eigenvalue weighted by Crippen LogP contribution is -2.52. The van der Waals surface area contributed by atoms with Crippen LogP contribution >= 0.6 is 0 Å². The molecule has 1 saturated heterocycles. The van der Waals surface area contributed by atoms with Crippen LogP contribution in [0.1, 0.15) is 29.8 Å². The highest BCUT2D eigenvalue weighted by Gasteiger charge is 2.36. The Bertz CT molecular complexity index is 774. The summed E-state index contributed by atoms with van der Waals surface area (Å²) < 4.78 is 0. The average Bonchev–Trinajstić information content (AvgIpc) is 3.33. The van der Waals surface area contributed by atoms with Crippen LogP contribution in [0.5, 0.6) is 0 Å². The molecule has 6 heteroatoms. The molecule has 1 aliphatic heterocycles. The second-order valence-corrected chi connectivity index (χ2v) is 7.42. The van der Waals surface area contributed by atoms with Crippen LogP contribution in [-0.2, 0) is 4.79 Å². The van der Waals surface area contributed by atoms with Gasteiger partial charge in [0, 0.05) is 43.0 Å². The van der Waals surface area contributed by atoms with Gasteiger partial charge >= 0.3 is 0 Å². The highest BCUT2D eigenvalue weighted by molar-refractivity contribution is 5.98. The van der Waals surface area contributed by atoms with E-state index < -0.39 is 0 Å². The van der Waals surface area contributed by atoms with E-state index in [1.165, 1.54) is 0 Å². The summed E-state index contributed by atoms with van der Waals surface area (Å²) >= 11 is 0. The van der Waals surface area contributed by atoms with E-state index in [9.17, 15) is 9.59 Å². The number of nitrogens with zero attached hydrogens (tertiary/aromatic N) is 2. The zero-order valence-electron chi connectivity index (χ0n) is 15.0. The van der Waals surface area contributed by atoms with Gasteiger partial charge in [-0.2, -0.15) is 0 Å². The van der Waals surface area contributed by atoms with Crippen LogP contribution in [0.25, 0.3) is 10.9 Å². The molecule has 4 rings (SSSR count). The number of nitrogens with one attached hydrogen (secondary N) is 1. The largest absolute Gasteiger partial charge is 0.351 e. The second kappa shape index (κ2) is 7.11. The summed E-state index contributed by atoms with van der Waals surface area (Å²) in [6.45, 7) is 2.98. The fourth-order valence-corrected chi connectivity index (χ4v) is 4.37. The molecule has 0 radical (unpaired) electrons. The van der Waals surface area contributed by atoms with Gasteiger partial charge in [-0.1, -0.05) is 24.6 Å². The third-order valence-corrected chi connectivity index (χ3v) is 5.92. The molecule has 1 aliphatic carbocycles. The minimum absolute atomic E-state index is 0.00833. The van der Waals surface area contributed by atoms with Gasteiger partial charge < -0.3 is 20.5 Å². The van der Waals surface area contributed by atoms with Crippen molar-refractivity contribution in [1.82, 2.24) is 14.8 Å². The van der Waals surface area contributed by atoms with E-state index in [4.69, 9.17) is 5.73 Å². The monoisotopic (exact) mass is 354 g/mol. The number of carbonyl (C=O) groups excluding carboxylic acids is 2. The van der Waals surface area contributed by atoms with Gasteiger partial charge in [0.15, 0.2) is 0 Å². The summed E-state index contributed by atoms with van der Waals surface area (Å²) in [5.74, 6) is 0.647.